The summed E-state index contributed by atoms with van der Waals surface area (Å²) in [7, 11) is -1.17. The van der Waals surface area contributed by atoms with Gasteiger partial charge in [-0.2, -0.15) is 0 Å². The van der Waals surface area contributed by atoms with Crippen LogP contribution in [-0.2, 0) is 22.6 Å². The second kappa shape index (κ2) is 9.39. The summed E-state index contributed by atoms with van der Waals surface area (Å²) >= 11 is 0. The lowest BCUT2D eigenvalue weighted by Gasteiger charge is -2.20. The van der Waals surface area contributed by atoms with Gasteiger partial charge in [0.05, 0.1) is 6.61 Å². The molecular weight excluding hydrogens is 418 g/mol. The van der Waals surface area contributed by atoms with Crippen LogP contribution in [0.15, 0.2) is 24.3 Å². The number of pyridine rings is 1. The number of aryl methyl sites for hydroxylation is 1. The third kappa shape index (κ3) is 5.43. The monoisotopic (exact) mass is 455 g/mol. The molecule has 2 fully saturated rings. The molecule has 0 amide bonds. The van der Waals surface area contributed by atoms with Gasteiger partial charge in [0, 0.05) is 45.6 Å². The lowest BCUT2D eigenvalue weighted by Crippen LogP contribution is -2.23. The second-order valence-electron chi connectivity index (χ2n) is 10.5. The van der Waals surface area contributed by atoms with Crippen molar-refractivity contribution in [3.8, 4) is 0 Å². The molecule has 0 bridgehead atoms. The molecule has 1 aliphatic carbocycles. The van der Waals surface area contributed by atoms with Crippen molar-refractivity contribution >= 4 is 19.9 Å². The van der Waals surface area contributed by atoms with E-state index < -0.39 is 8.07 Å². The molecule has 3 heterocycles. The van der Waals surface area contributed by atoms with Crippen molar-refractivity contribution < 1.29 is 14.3 Å². The number of esters is 1. The van der Waals surface area contributed by atoms with Gasteiger partial charge in [-0.05, 0) is 61.9 Å². The summed E-state index contributed by atoms with van der Waals surface area (Å²) in [5.74, 6) is 2.57. The van der Waals surface area contributed by atoms with Crippen LogP contribution in [0.25, 0.3) is 0 Å². The van der Waals surface area contributed by atoms with Gasteiger partial charge in [0.15, 0.2) is 0 Å². The minimum absolute atomic E-state index is 0.301. The van der Waals surface area contributed by atoms with E-state index in [9.17, 15) is 4.79 Å². The number of ether oxygens (including phenoxy) is 2. The lowest BCUT2D eigenvalue weighted by molar-refractivity contribution is 0.0470. The Hall–Kier alpha value is -2.12. The quantitative estimate of drug-likeness (QED) is 0.295. The Morgan fingerprint density at radius 2 is 1.91 bits per heavy atom. The van der Waals surface area contributed by atoms with Gasteiger partial charge in [-0.1, -0.05) is 25.7 Å². The zero-order chi connectivity index (χ0) is 22.9. The van der Waals surface area contributed by atoms with Gasteiger partial charge in [0.25, 0.3) is 0 Å². The number of anilines is 1. The van der Waals surface area contributed by atoms with Crippen LogP contribution in [-0.4, -0.2) is 49.9 Å². The highest BCUT2D eigenvalue weighted by Crippen LogP contribution is 2.46. The smallest absolute Gasteiger partial charge is 0.355 e. The van der Waals surface area contributed by atoms with Crippen molar-refractivity contribution in [2.24, 2.45) is 11.8 Å². The number of fused-ring (bicyclic) bond motifs is 1. The number of carbonyl (C=O) groups excluding carboxylic acids is 1. The first-order valence-corrected chi connectivity index (χ1v) is 15.6. The van der Waals surface area contributed by atoms with Crippen LogP contribution in [0.5, 0.6) is 0 Å². The second-order valence-corrected chi connectivity index (χ2v) is 16.1. The number of nitrogens with zero attached hydrogens (tertiary/aromatic N) is 3. The Labute approximate surface area is 192 Å². The Bertz CT molecular complexity index is 956. The van der Waals surface area contributed by atoms with Crippen LogP contribution in [0.4, 0.5) is 5.82 Å². The fraction of sp³-hybridized carbons (Fsp3) is 0.600. The van der Waals surface area contributed by atoms with Crippen molar-refractivity contribution in [3.63, 3.8) is 0 Å². The highest BCUT2D eigenvalue weighted by atomic mass is 28.3. The first kappa shape index (κ1) is 23.0. The topological polar surface area (TPSA) is 56.6 Å². The largest absolute Gasteiger partial charge is 0.461 e. The molecule has 32 heavy (non-hydrogen) atoms. The first-order chi connectivity index (χ1) is 15.2. The number of carbonyl (C=O) groups is 1. The number of hydrogen-bond acceptors (Lipinski definition) is 5. The maximum absolute atomic E-state index is 12.5. The van der Waals surface area contributed by atoms with Gasteiger partial charge in [-0.3, -0.25) is 0 Å². The van der Waals surface area contributed by atoms with E-state index in [4.69, 9.17) is 14.5 Å². The molecule has 7 heteroatoms. The zero-order valence-corrected chi connectivity index (χ0v) is 21.2. The number of hydrogen-bond donors (Lipinski definition) is 0. The lowest BCUT2D eigenvalue weighted by atomic mass is 10.1. The zero-order valence-electron chi connectivity index (χ0n) is 20.2. The molecule has 1 saturated carbocycles. The van der Waals surface area contributed by atoms with Gasteiger partial charge in [-0.15, -0.1) is 0 Å². The Kier molecular flexibility index (Phi) is 6.77. The minimum Gasteiger partial charge on any atom is -0.461 e. The third-order valence-electron chi connectivity index (χ3n) is 6.63. The highest BCUT2D eigenvalue weighted by molar-refractivity contribution is 6.76. The molecule has 6 nitrogen and oxygen atoms in total. The van der Waals surface area contributed by atoms with Gasteiger partial charge in [0.1, 0.15) is 18.2 Å². The fourth-order valence-electron chi connectivity index (χ4n) is 4.45. The van der Waals surface area contributed by atoms with E-state index in [0.29, 0.717) is 32.1 Å². The van der Waals surface area contributed by atoms with Crippen LogP contribution in [0.2, 0.25) is 25.7 Å². The third-order valence-corrected chi connectivity index (χ3v) is 8.33. The molecule has 4 rings (SSSR count). The van der Waals surface area contributed by atoms with Crippen LogP contribution in [0.3, 0.4) is 0 Å². The van der Waals surface area contributed by atoms with Gasteiger partial charge in [0.2, 0.25) is 0 Å². The molecular formula is C25H37N3O3Si. The summed E-state index contributed by atoms with van der Waals surface area (Å²) in [5.41, 5.74) is 3.82. The van der Waals surface area contributed by atoms with Crippen LogP contribution in [0.1, 0.15) is 40.8 Å². The van der Waals surface area contributed by atoms with E-state index in [-0.39, 0.29) is 5.97 Å². The SMILES string of the molecule is CCOC(=O)c1ccc(Cc2ccc(N3CC4CC4C3)nc2C)n1COCC[Si](C)(C)C. The Balaban J connectivity index is 1.48. The summed E-state index contributed by atoms with van der Waals surface area (Å²) in [5, 5.41) is 0. The minimum atomic E-state index is -1.17. The van der Waals surface area contributed by atoms with Gasteiger partial charge < -0.3 is 18.9 Å². The van der Waals surface area contributed by atoms with Crippen LogP contribution < -0.4 is 4.90 Å². The standard InChI is InChI=1S/C25H37N3O3Si/c1-6-31-25(29)23-9-8-22(28(23)17-30-11-12-32(3,4)5)14-19-7-10-24(26-18(19)2)27-15-20-13-21(20)16-27/h7-10,20-21H,6,11-17H2,1-5H3. The van der Waals surface area contributed by atoms with E-state index in [1.807, 2.05) is 23.6 Å². The summed E-state index contributed by atoms with van der Waals surface area (Å²) < 4.78 is 13.2. The Morgan fingerprint density at radius 3 is 2.56 bits per heavy atom. The average molecular weight is 456 g/mol. The molecule has 0 spiro atoms. The van der Waals surface area contributed by atoms with E-state index >= 15 is 0 Å². The molecule has 2 unspecified atom stereocenters. The summed E-state index contributed by atoms with van der Waals surface area (Å²) in [6.07, 6.45) is 2.11. The van der Waals surface area contributed by atoms with E-state index in [0.717, 1.165) is 48.2 Å². The predicted molar refractivity (Wildman–Crippen MR) is 130 cm³/mol. The molecule has 1 aliphatic heterocycles. The van der Waals surface area contributed by atoms with Crippen molar-refractivity contribution in [1.29, 1.82) is 0 Å². The molecule has 2 aliphatic rings. The van der Waals surface area contributed by atoms with Gasteiger partial charge >= 0.3 is 5.97 Å². The van der Waals surface area contributed by atoms with Crippen molar-refractivity contribution in [1.82, 2.24) is 9.55 Å². The van der Waals surface area contributed by atoms with Crippen LogP contribution in [0, 0.1) is 18.8 Å². The predicted octanol–water partition coefficient (Wildman–Crippen LogP) is 4.73. The molecule has 0 N–H and O–H groups in total. The first-order valence-electron chi connectivity index (χ1n) is 11.9. The van der Waals surface area contributed by atoms with Gasteiger partial charge in [-0.25, -0.2) is 9.78 Å². The molecule has 0 aromatic carbocycles. The maximum atomic E-state index is 12.5. The highest BCUT2D eigenvalue weighted by Gasteiger charge is 2.45. The van der Waals surface area contributed by atoms with Crippen molar-refractivity contribution in [2.45, 2.75) is 59.1 Å². The van der Waals surface area contributed by atoms with Crippen molar-refractivity contribution in [3.05, 3.63) is 46.9 Å². The van der Waals surface area contributed by atoms with E-state index in [1.165, 1.54) is 12.0 Å². The molecule has 2 aromatic rings. The molecule has 174 valence electrons. The van der Waals surface area contributed by atoms with Crippen molar-refractivity contribution in [2.75, 3.05) is 31.2 Å². The van der Waals surface area contributed by atoms with E-state index in [2.05, 4.69) is 43.6 Å². The molecule has 1 saturated heterocycles. The van der Waals surface area contributed by atoms with E-state index in [1.54, 1.807) is 0 Å². The molecule has 0 radical (unpaired) electrons. The summed E-state index contributed by atoms with van der Waals surface area (Å²) in [4.78, 5) is 19.8. The number of aromatic nitrogens is 2. The maximum Gasteiger partial charge on any atom is 0.355 e. The Morgan fingerprint density at radius 1 is 1.16 bits per heavy atom. The number of piperidine rings is 1. The molecule has 2 aromatic heterocycles. The summed E-state index contributed by atoms with van der Waals surface area (Å²) in [6, 6.07) is 9.30. The number of rotatable bonds is 10. The van der Waals surface area contributed by atoms with Crippen LogP contribution >= 0.6 is 0 Å². The average Bonchev–Trinajstić information content (AvgIpc) is 3.15. The fourth-order valence-corrected chi connectivity index (χ4v) is 5.21. The molecule has 2 atom stereocenters. The summed E-state index contributed by atoms with van der Waals surface area (Å²) in [6.45, 7) is 14.7. The normalized spacial score (nSPS) is 19.8.